The number of phenolic OH excluding ortho intramolecular Hbond substituents is 3. The number of nitrogens with one attached hydrogen (secondary N) is 1. The molecule has 1 fully saturated rings. The topological polar surface area (TPSA) is 191 Å². The number of aromatic hydroxyl groups is 3. The lowest BCUT2D eigenvalue weighted by Gasteiger charge is -2.45. The zero-order valence-corrected chi connectivity index (χ0v) is 26.6. The van der Waals surface area contributed by atoms with Crippen LogP contribution in [0.25, 0.3) is 0 Å². The summed E-state index contributed by atoms with van der Waals surface area (Å²) in [6.45, 7) is 0. The Hall–Kier alpha value is -4.74. The number of phenols is 3. The Balaban J connectivity index is 1.56. The summed E-state index contributed by atoms with van der Waals surface area (Å²) in [7, 11) is 2.84. The van der Waals surface area contributed by atoms with E-state index in [1.165, 1.54) is 26.4 Å². The number of hydrogen-bond acceptors (Lipinski definition) is 10. The summed E-state index contributed by atoms with van der Waals surface area (Å²) in [6.07, 6.45) is 3.62. The number of nitrogens with zero attached hydrogens (tertiary/aromatic N) is 1. The molecular formula is C36H43N3O8. The molecule has 8 N–H and O–H groups in total. The number of rotatable bonds is 14. The van der Waals surface area contributed by atoms with E-state index in [1.54, 1.807) is 30.5 Å². The second kappa shape index (κ2) is 14.4. The van der Waals surface area contributed by atoms with Crippen LogP contribution in [0.2, 0.25) is 0 Å². The number of aromatic amines is 1. The third kappa shape index (κ3) is 7.01. The van der Waals surface area contributed by atoms with E-state index in [0.717, 1.165) is 16.8 Å². The van der Waals surface area contributed by atoms with Gasteiger partial charge in [0.1, 0.15) is 11.6 Å². The predicted molar refractivity (Wildman–Crippen MR) is 176 cm³/mol. The van der Waals surface area contributed by atoms with Gasteiger partial charge in [0.05, 0.1) is 32.3 Å². The second-order valence-electron chi connectivity index (χ2n) is 12.3. The maximum Gasteiger partial charge on any atom is 0.200 e. The summed E-state index contributed by atoms with van der Waals surface area (Å²) in [5.41, 5.74) is 8.21. The molecule has 4 aromatic rings. The molecule has 0 radical (unpaired) electrons. The third-order valence-electron chi connectivity index (χ3n) is 9.65. The Morgan fingerprint density at radius 3 is 2.49 bits per heavy atom. The molecule has 1 aliphatic carbocycles. The molecule has 2 aromatic heterocycles. The molecule has 0 saturated heterocycles. The van der Waals surface area contributed by atoms with E-state index in [9.17, 15) is 30.3 Å². The Labute approximate surface area is 273 Å². The van der Waals surface area contributed by atoms with Gasteiger partial charge < -0.3 is 45.7 Å². The number of ketones is 1. The average molecular weight is 646 g/mol. The normalized spacial score (nSPS) is 20.5. The first kappa shape index (κ1) is 33.6. The van der Waals surface area contributed by atoms with Crippen LogP contribution in [-0.2, 0) is 29.5 Å². The predicted octanol–water partition coefficient (Wildman–Crippen LogP) is 4.19. The van der Waals surface area contributed by atoms with Gasteiger partial charge in [-0.2, -0.15) is 0 Å². The minimum atomic E-state index is -1.13. The van der Waals surface area contributed by atoms with Gasteiger partial charge in [0, 0.05) is 35.8 Å². The summed E-state index contributed by atoms with van der Waals surface area (Å²) >= 11 is 0. The summed E-state index contributed by atoms with van der Waals surface area (Å²) in [6, 6.07) is 15.3. The van der Waals surface area contributed by atoms with E-state index in [1.807, 2.05) is 24.4 Å². The molecule has 2 heterocycles. The fraction of sp³-hybridized carbons (Fsp3) is 0.389. The number of H-pyrrole nitrogens is 1. The molecule has 5 atom stereocenters. The van der Waals surface area contributed by atoms with Crippen molar-refractivity contribution in [1.29, 1.82) is 0 Å². The highest BCUT2D eigenvalue weighted by molar-refractivity contribution is 5.84. The summed E-state index contributed by atoms with van der Waals surface area (Å²) in [4.78, 5) is 22.1. The van der Waals surface area contributed by atoms with Crippen molar-refractivity contribution < 1.29 is 39.8 Å². The standard InChI is InChI=1S/C36H43N3O8/c1-46-31-17-21(5-8-27(31)41)6-9-28(42)34(29(43)10-7-22-16-30(44)35(45)32(18-22)47-2)36(23-12-15-39-33(37)19-23)13-11-26(40)25(36)20-24-4-3-14-38-24/h3-5,8,12,14-19,25-26,28,34,38,40-42,44-45H,6-7,9-11,13,20H2,1-2H3,(H2,37,39)/t25-,26-,28+,34+,36-/m0/s1. The first-order valence-corrected chi connectivity index (χ1v) is 15.7. The molecule has 5 rings (SSSR count). The van der Waals surface area contributed by atoms with Gasteiger partial charge in [-0.3, -0.25) is 4.79 Å². The van der Waals surface area contributed by atoms with Crippen LogP contribution in [0.3, 0.4) is 0 Å². The van der Waals surface area contributed by atoms with Gasteiger partial charge in [-0.15, -0.1) is 0 Å². The first-order chi connectivity index (χ1) is 22.6. The van der Waals surface area contributed by atoms with Gasteiger partial charge in [0.15, 0.2) is 23.0 Å². The SMILES string of the molecule is COc1cc(CC[C@@H](O)[C@H](C(=O)CCc2cc(O)c(O)c(OC)c2)[C@]2(c3ccnc(N)c3)CC[C@H](O)[C@@H]2Cc2ccc[nH]2)ccc1O. The van der Waals surface area contributed by atoms with E-state index >= 15 is 0 Å². The number of nitrogens with two attached hydrogens (primary N) is 1. The maximum absolute atomic E-state index is 14.6. The number of hydrogen-bond donors (Lipinski definition) is 7. The highest BCUT2D eigenvalue weighted by Crippen LogP contribution is 2.54. The molecule has 0 amide bonds. The lowest BCUT2D eigenvalue weighted by Crippen LogP contribution is -2.51. The lowest BCUT2D eigenvalue weighted by molar-refractivity contribution is -0.132. The number of methoxy groups -OCH3 is 2. The molecule has 1 saturated carbocycles. The second-order valence-corrected chi connectivity index (χ2v) is 12.3. The fourth-order valence-electron chi connectivity index (χ4n) is 7.40. The number of anilines is 1. The minimum absolute atomic E-state index is 0.00285. The Morgan fingerprint density at radius 1 is 1.02 bits per heavy atom. The number of aryl methyl sites for hydroxylation is 2. The Kier molecular flexibility index (Phi) is 10.3. The van der Waals surface area contributed by atoms with Gasteiger partial charge in [-0.1, -0.05) is 6.07 Å². The van der Waals surface area contributed by atoms with Crippen LogP contribution >= 0.6 is 0 Å². The summed E-state index contributed by atoms with van der Waals surface area (Å²) < 4.78 is 10.5. The van der Waals surface area contributed by atoms with Gasteiger partial charge in [-0.05, 0) is 104 Å². The zero-order chi connectivity index (χ0) is 33.7. The van der Waals surface area contributed by atoms with E-state index in [-0.39, 0.29) is 53.9 Å². The molecule has 0 unspecified atom stereocenters. The third-order valence-corrected chi connectivity index (χ3v) is 9.65. The highest BCUT2D eigenvalue weighted by atomic mass is 16.5. The number of carbonyl (C=O) groups is 1. The van der Waals surface area contributed by atoms with Crippen LogP contribution in [0.4, 0.5) is 5.82 Å². The molecular weight excluding hydrogens is 602 g/mol. The monoisotopic (exact) mass is 645 g/mol. The maximum atomic E-state index is 14.6. The smallest absolute Gasteiger partial charge is 0.200 e. The fourth-order valence-corrected chi connectivity index (χ4v) is 7.40. The van der Waals surface area contributed by atoms with Crippen molar-refractivity contribution in [3.05, 3.63) is 89.4 Å². The Bertz CT molecular complexity index is 1680. The molecule has 11 nitrogen and oxygen atoms in total. The van der Waals surface area contributed by atoms with Crippen molar-refractivity contribution >= 4 is 11.6 Å². The van der Waals surface area contributed by atoms with Gasteiger partial charge in [0.2, 0.25) is 5.75 Å². The number of aliphatic hydroxyl groups is 2. The first-order valence-electron chi connectivity index (χ1n) is 15.7. The Morgan fingerprint density at radius 2 is 1.79 bits per heavy atom. The van der Waals surface area contributed by atoms with E-state index in [2.05, 4.69) is 9.97 Å². The van der Waals surface area contributed by atoms with Crippen LogP contribution in [0.15, 0.2) is 67.0 Å². The lowest BCUT2D eigenvalue weighted by atomic mass is 9.58. The number of Topliss-reactive ketones (excluding diaryl/α,β-unsaturated/α-hetero) is 1. The number of aromatic nitrogens is 2. The van der Waals surface area contributed by atoms with E-state index < -0.39 is 29.5 Å². The van der Waals surface area contributed by atoms with Crippen molar-refractivity contribution in [2.45, 2.75) is 62.6 Å². The zero-order valence-electron chi connectivity index (χ0n) is 26.6. The van der Waals surface area contributed by atoms with Crippen molar-refractivity contribution in [3.63, 3.8) is 0 Å². The molecule has 1 aliphatic rings. The molecule has 0 bridgehead atoms. The number of pyridine rings is 1. The van der Waals surface area contributed by atoms with Gasteiger partial charge in [0.25, 0.3) is 0 Å². The number of ether oxygens (including phenoxy) is 2. The van der Waals surface area contributed by atoms with Crippen LogP contribution in [-0.4, -0.2) is 67.7 Å². The number of benzene rings is 2. The van der Waals surface area contributed by atoms with E-state index in [0.29, 0.717) is 37.0 Å². The largest absolute Gasteiger partial charge is 0.504 e. The minimum Gasteiger partial charge on any atom is -0.504 e. The molecule has 2 aromatic carbocycles. The van der Waals surface area contributed by atoms with Crippen molar-refractivity contribution in [2.24, 2.45) is 11.8 Å². The molecule has 11 heteroatoms. The quantitative estimate of drug-likeness (QED) is 0.0979. The van der Waals surface area contributed by atoms with E-state index in [4.69, 9.17) is 15.2 Å². The van der Waals surface area contributed by atoms with Crippen molar-refractivity contribution in [2.75, 3.05) is 20.0 Å². The summed E-state index contributed by atoms with van der Waals surface area (Å²) in [5.74, 6) is -1.69. The van der Waals surface area contributed by atoms with Crippen LogP contribution in [0.1, 0.15) is 48.1 Å². The number of carbonyl (C=O) groups excluding carboxylic acids is 1. The van der Waals surface area contributed by atoms with Gasteiger partial charge in [-0.25, -0.2) is 4.98 Å². The van der Waals surface area contributed by atoms with Crippen LogP contribution in [0.5, 0.6) is 28.7 Å². The van der Waals surface area contributed by atoms with Gasteiger partial charge >= 0.3 is 0 Å². The van der Waals surface area contributed by atoms with Crippen molar-refractivity contribution in [1.82, 2.24) is 9.97 Å². The average Bonchev–Trinajstić information content (AvgIpc) is 3.70. The number of nitrogen functional groups attached to an aromatic ring is 1. The molecule has 250 valence electrons. The van der Waals surface area contributed by atoms with Crippen LogP contribution < -0.4 is 15.2 Å². The van der Waals surface area contributed by atoms with Crippen molar-refractivity contribution in [3.8, 4) is 28.7 Å². The molecule has 0 spiro atoms. The highest BCUT2D eigenvalue weighted by Gasteiger charge is 2.57. The molecule has 0 aliphatic heterocycles. The van der Waals surface area contributed by atoms with Crippen LogP contribution in [0, 0.1) is 11.8 Å². The molecule has 47 heavy (non-hydrogen) atoms. The number of aliphatic hydroxyl groups excluding tert-OH is 2. The summed E-state index contributed by atoms with van der Waals surface area (Å²) in [5, 5.41) is 54.1.